The second-order valence-corrected chi connectivity index (χ2v) is 8.82. The van der Waals surface area contributed by atoms with E-state index in [9.17, 15) is 9.18 Å². The van der Waals surface area contributed by atoms with E-state index >= 15 is 0 Å². The number of thiophene rings is 1. The quantitative estimate of drug-likeness (QED) is 0.623. The van der Waals surface area contributed by atoms with Gasteiger partial charge in [-0.1, -0.05) is 12.1 Å². The first-order valence-corrected chi connectivity index (χ1v) is 11.8. The fraction of sp³-hybridized carbons (Fsp3) is 0.522. The Balaban J connectivity index is 1.41. The summed E-state index contributed by atoms with van der Waals surface area (Å²) in [5, 5.41) is 4.26. The lowest BCUT2D eigenvalue weighted by Gasteiger charge is -2.36. The van der Waals surface area contributed by atoms with E-state index < -0.39 is 5.82 Å². The first-order chi connectivity index (χ1) is 15.2. The van der Waals surface area contributed by atoms with Gasteiger partial charge in [-0.3, -0.25) is 14.6 Å². The van der Waals surface area contributed by atoms with Gasteiger partial charge in [0.2, 0.25) is 0 Å². The molecule has 2 aromatic rings. The van der Waals surface area contributed by atoms with Gasteiger partial charge in [0.15, 0.2) is 0 Å². The zero-order valence-corrected chi connectivity index (χ0v) is 18.6. The summed E-state index contributed by atoms with van der Waals surface area (Å²) in [4.78, 5) is 19.6. The summed E-state index contributed by atoms with van der Waals surface area (Å²) in [6.45, 7) is 8.04. The molecule has 168 valence electrons. The molecule has 0 aliphatic carbocycles. The lowest BCUT2D eigenvalue weighted by Crippen LogP contribution is -2.50. The summed E-state index contributed by atoms with van der Waals surface area (Å²) >= 11 is 1.70. The highest BCUT2D eigenvalue weighted by molar-refractivity contribution is 7.07. The molecule has 0 saturated carbocycles. The molecule has 0 radical (unpaired) electrons. The predicted octanol–water partition coefficient (Wildman–Crippen LogP) is 2.56. The van der Waals surface area contributed by atoms with Crippen molar-refractivity contribution in [2.45, 2.75) is 12.6 Å². The number of carbonyl (C=O) groups is 1. The highest BCUT2D eigenvalue weighted by Crippen LogP contribution is 2.16. The van der Waals surface area contributed by atoms with E-state index in [2.05, 4.69) is 26.6 Å². The maximum Gasteiger partial charge on any atom is 0.256 e. The van der Waals surface area contributed by atoms with E-state index in [-0.39, 0.29) is 17.6 Å². The summed E-state index contributed by atoms with van der Waals surface area (Å²) in [6, 6.07) is 8.36. The van der Waals surface area contributed by atoms with Crippen molar-refractivity contribution in [1.82, 2.24) is 14.7 Å². The van der Waals surface area contributed by atoms with E-state index in [1.54, 1.807) is 34.4 Å². The van der Waals surface area contributed by atoms with E-state index in [0.29, 0.717) is 32.9 Å². The number of hydrogen-bond acceptors (Lipinski definition) is 6. The van der Waals surface area contributed by atoms with Crippen LogP contribution in [0.1, 0.15) is 15.9 Å². The van der Waals surface area contributed by atoms with Crippen LogP contribution in [0.15, 0.2) is 41.1 Å². The Bertz CT molecular complexity index is 829. The Morgan fingerprint density at radius 1 is 1.13 bits per heavy atom. The van der Waals surface area contributed by atoms with Crippen LogP contribution in [0.3, 0.4) is 0 Å². The third-order valence-corrected chi connectivity index (χ3v) is 6.55. The van der Waals surface area contributed by atoms with Gasteiger partial charge in [-0.05, 0) is 34.5 Å². The monoisotopic (exact) mass is 447 g/mol. The van der Waals surface area contributed by atoms with Gasteiger partial charge in [-0.25, -0.2) is 4.39 Å². The number of amides is 1. The van der Waals surface area contributed by atoms with E-state index in [1.807, 2.05) is 0 Å². The standard InChI is InChI=1S/C23H30FN3O3S/c24-22-4-2-1-3-21(22)23(28)27(7-6-25-8-11-29-12-9-25)17-20-16-26(10-13-30-20)15-19-5-14-31-18-19/h1-5,14,18,20H,6-13,15-17H2. The molecule has 0 spiro atoms. The van der Waals surface area contributed by atoms with Crippen LogP contribution in [0.5, 0.6) is 0 Å². The summed E-state index contributed by atoms with van der Waals surface area (Å²) in [5.74, 6) is -0.752. The number of hydrogen-bond donors (Lipinski definition) is 0. The van der Waals surface area contributed by atoms with Gasteiger partial charge in [-0.15, -0.1) is 0 Å². The number of morpholine rings is 2. The molecule has 2 fully saturated rings. The molecule has 0 N–H and O–H groups in total. The number of carbonyl (C=O) groups excluding carboxylic acids is 1. The van der Waals surface area contributed by atoms with Crippen LogP contribution >= 0.6 is 11.3 Å². The van der Waals surface area contributed by atoms with E-state index in [4.69, 9.17) is 9.47 Å². The molecule has 1 amide bonds. The molecule has 2 saturated heterocycles. The Hall–Kier alpha value is -1.84. The van der Waals surface area contributed by atoms with Gasteiger partial charge >= 0.3 is 0 Å². The predicted molar refractivity (Wildman–Crippen MR) is 119 cm³/mol. The van der Waals surface area contributed by atoms with Gasteiger partial charge in [0, 0.05) is 52.4 Å². The fourth-order valence-corrected chi connectivity index (χ4v) is 4.75. The van der Waals surface area contributed by atoms with Crippen molar-refractivity contribution in [1.29, 1.82) is 0 Å². The summed E-state index contributed by atoms with van der Waals surface area (Å²) < 4.78 is 25.8. The molecule has 4 rings (SSSR count). The molecule has 6 nitrogen and oxygen atoms in total. The van der Waals surface area contributed by atoms with Crippen LogP contribution < -0.4 is 0 Å². The second-order valence-electron chi connectivity index (χ2n) is 8.04. The average Bonchev–Trinajstić information content (AvgIpc) is 3.30. The maximum atomic E-state index is 14.3. The third-order valence-electron chi connectivity index (χ3n) is 5.81. The van der Waals surface area contributed by atoms with Crippen molar-refractivity contribution in [3.05, 3.63) is 58.0 Å². The lowest BCUT2D eigenvalue weighted by molar-refractivity contribution is -0.0443. The molecular weight excluding hydrogens is 417 g/mol. The summed E-state index contributed by atoms with van der Waals surface area (Å²) in [7, 11) is 0. The number of benzene rings is 1. The van der Waals surface area contributed by atoms with Crippen LogP contribution in [-0.2, 0) is 16.0 Å². The zero-order chi connectivity index (χ0) is 21.5. The molecule has 1 aromatic heterocycles. The van der Waals surface area contributed by atoms with Crippen LogP contribution in [0.2, 0.25) is 0 Å². The van der Waals surface area contributed by atoms with Gasteiger partial charge < -0.3 is 14.4 Å². The summed E-state index contributed by atoms with van der Waals surface area (Å²) in [5.41, 5.74) is 1.42. The topological polar surface area (TPSA) is 45.2 Å². The van der Waals surface area contributed by atoms with Crippen molar-refractivity contribution >= 4 is 17.2 Å². The Morgan fingerprint density at radius 2 is 1.94 bits per heavy atom. The highest BCUT2D eigenvalue weighted by Gasteiger charge is 2.27. The molecule has 1 aromatic carbocycles. The highest BCUT2D eigenvalue weighted by atomic mass is 32.1. The van der Waals surface area contributed by atoms with Crippen molar-refractivity contribution in [3.63, 3.8) is 0 Å². The number of rotatable bonds is 8. The van der Waals surface area contributed by atoms with Gasteiger partial charge in [0.1, 0.15) is 5.82 Å². The van der Waals surface area contributed by atoms with Crippen molar-refractivity contribution in [2.24, 2.45) is 0 Å². The molecule has 31 heavy (non-hydrogen) atoms. The van der Waals surface area contributed by atoms with Gasteiger partial charge in [-0.2, -0.15) is 11.3 Å². The van der Waals surface area contributed by atoms with Crippen LogP contribution in [-0.4, -0.2) is 92.3 Å². The minimum atomic E-state index is -0.479. The Morgan fingerprint density at radius 3 is 2.71 bits per heavy atom. The normalized spacial score (nSPS) is 20.6. The second kappa shape index (κ2) is 11.2. The Kier molecular flexibility index (Phi) is 8.04. The zero-order valence-electron chi connectivity index (χ0n) is 17.7. The van der Waals surface area contributed by atoms with E-state index in [0.717, 1.165) is 39.3 Å². The molecular formula is C23H30FN3O3S. The first kappa shape index (κ1) is 22.4. The fourth-order valence-electron chi connectivity index (χ4n) is 4.09. The minimum absolute atomic E-state index is 0.0900. The first-order valence-electron chi connectivity index (χ1n) is 10.9. The van der Waals surface area contributed by atoms with Gasteiger partial charge in [0.05, 0.1) is 31.5 Å². The van der Waals surface area contributed by atoms with Crippen molar-refractivity contribution in [3.8, 4) is 0 Å². The number of nitrogens with zero attached hydrogens (tertiary/aromatic N) is 3. The molecule has 2 aliphatic rings. The number of halogens is 1. The molecule has 0 bridgehead atoms. The van der Waals surface area contributed by atoms with Gasteiger partial charge in [0.25, 0.3) is 5.91 Å². The average molecular weight is 448 g/mol. The van der Waals surface area contributed by atoms with Crippen LogP contribution in [0, 0.1) is 5.82 Å². The lowest BCUT2D eigenvalue weighted by atomic mass is 10.1. The maximum absolute atomic E-state index is 14.3. The van der Waals surface area contributed by atoms with E-state index in [1.165, 1.54) is 11.6 Å². The van der Waals surface area contributed by atoms with Crippen molar-refractivity contribution in [2.75, 3.05) is 65.6 Å². The van der Waals surface area contributed by atoms with Crippen LogP contribution in [0.4, 0.5) is 4.39 Å². The SMILES string of the molecule is O=C(c1ccccc1F)N(CCN1CCOCC1)CC1CN(Cc2ccsc2)CCO1. The molecule has 1 unspecified atom stereocenters. The third kappa shape index (κ3) is 6.33. The minimum Gasteiger partial charge on any atom is -0.379 e. The molecule has 3 heterocycles. The molecule has 2 aliphatic heterocycles. The van der Waals surface area contributed by atoms with Crippen molar-refractivity contribution < 1.29 is 18.7 Å². The molecule has 1 atom stereocenters. The largest absolute Gasteiger partial charge is 0.379 e. The number of ether oxygens (including phenoxy) is 2. The van der Waals surface area contributed by atoms with Crippen LogP contribution in [0.25, 0.3) is 0 Å². The summed E-state index contributed by atoms with van der Waals surface area (Å²) in [6.07, 6.45) is -0.0900. The Labute approximate surface area is 187 Å². The molecule has 8 heteroatoms. The smallest absolute Gasteiger partial charge is 0.256 e.